The van der Waals surface area contributed by atoms with Crippen LogP contribution in [0.3, 0.4) is 0 Å². The molecule has 0 bridgehead atoms. The maximum atomic E-state index is 13.2. The predicted molar refractivity (Wildman–Crippen MR) is 192 cm³/mol. The predicted octanol–water partition coefficient (Wildman–Crippen LogP) is 6.55. The third-order valence-corrected chi connectivity index (χ3v) is 10.5. The molecule has 3 aliphatic rings. The maximum Gasteiger partial charge on any atom is 0.306 e. The van der Waals surface area contributed by atoms with Gasteiger partial charge in [-0.25, -0.2) is 4.39 Å². The number of carbonyl (C=O) groups is 3. The first-order valence-corrected chi connectivity index (χ1v) is 17.5. The Kier molecular flexibility index (Phi) is 9.77. The second kappa shape index (κ2) is 14.6. The van der Waals surface area contributed by atoms with Crippen molar-refractivity contribution in [3.05, 3.63) is 78.7 Å². The van der Waals surface area contributed by atoms with Crippen LogP contribution in [-0.4, -0.2) is 72.6 Å². The maximum absolute atomic E-state index is 13.2. The lowest BCUT2D eigenvalue weighted by molar-refractivity contribution is -0.143. The fraction of sp³-hybridized carbons (Fsp3) is 0.385. The molecule has 3 aromatic carbocycles. The number of hydrogen-bond donors (Lipinski definition) is 3. The van der Waals surface area contributed by atoms with Crippen molar-refractivity contribution in [1.82, 2.24) is 9.88 Å². The highest BCUT2D eigenvalue weighted by atomic mass is 19.1. The average molecular weight is 696 g/mol. The Labute approximate surface area is 295 Å². The number of anilines is 3. The van der Waals surface area contributed by atoms with E-state index in [0.717, 1.165) is 80.7 Å². The highest BCUT2D eigenvalue weighted by molar-refractivity contribution is 6.16. The third-order valence-electron chi connectivity index (χ3n) is 10.5. The lowest BCUT2D eigenvalue weighted by Gasteiger charge is -2.38. The molecule has 4 aromatic rings. The number of carboxylic acids is 1. The van der Waals surface area contributed by atoms with E-state index in [2.05, 4.69) is 31.5 Å². The Balaban J connectivity index is 0.966. The van der Waals surface area contributed by atoms with E-state index in [9.17, 15) is 23.9 Å². The number of fused-ring (bicyclic) bond motifs is 1. The van der Waals surface area contributed by atoms with Crippen molar-refractivity contribution in [3.63, 3.8) is 0 Å². The number of carbonyl (C=O) groups excluding carboxylic acids is 2. The van der Waals surface area contributed by atoms with Crippen LogP contribution in [-0.2, 0) is 14.4 Å². The number of nitrogens with one attached hydrogen (secondary N) is 2. The molecular weight excluding hydrogens is 653 g/mol. The van der Waals surface area contributed by atoms with Gasteiger partial charge in [0, 0.05) is 42.6 Å². The number of aromatic nitrogens is 1. The molecule has 7 rings (SSSR count). The quantitative estimate of drug-likeness (QED) is 0.150. The fourth-order valence-corrected chi connectivity index (χ4v) is 7.17. The molecule has 2 saturated heterocycles. The summed E-state index contributed by atoms with van der Waals surface area (Å²) in [6.45, 7) is 4.53. The highest BCUT2D eigenvalue weighted by Gasteiger charge is 2.56. The van der Waals surface area contributed by atoms with Crippen molar-refractivity contribution < 1.29 is 33.4 Å². The van der Waals surface area contributed by atoms with Crippen molar-refractivity contribution in [2.45, 2.75) is 38.5 Å². The van der Waals surface area contributed by atoms with Gasteiger partial charge in [0.2, 0.25) is 11.8 Å². The molecule has 2 aliphatic heterocycles. The molecule has 51 heavy (non-hydrogen) atoms. The van der Waals surface area contributed by atoms with Crippen molar-refractivity contribution in [1.29, 1.82) is 0 Å². The number of aliphatic carboxylic acids is 1. The molecule has 1 aromatic heterocycles. The molecule has 12 heteroatoms. The van der Waals surface area contributed by atoms with Crippen molar-refractivity contribution >= 4 is 45.7 Å². The number of carboxylic acid groups (broad SMARTS) is 1. The van der Waals surface area contributed by atoms with Crippen LogP contribution in [0.1, 0.15) is 38.5 Å². The van der Waals surface area contributed by atoms with E-state index in [1.165, 1.54) is 24.3 Å². The van der Waals surface area contributed by atoms with Gasteiger partial charge in [0.15, 0.2) is 0 Å². The van der Waals surface area contributed by atoms with Gasteiger partial charge >= 0.3 is 5.97 Å². The minimum Gasteiger partial charge on any atom is -0.495 e. The topological polar surface area (TPSA) is 133 Å². The lowest BCUT2D eigenvalue weighted by atomic mass is 9.92. The molecule has 0 atom stereocenters. The van der Waals surface area contributed by atoms with Crippen LogP contribution in [0.2, 0.25) is 0 Å². The van der Waals surface area contributed by atoms with E-state index in [0.29, 0.717) is 41.6 Å². The molecule has 0 spiro atoms. The molecule has 1 aliphatic carbocycles. The molecule has 266 valence electrons. The van der Waals surface area contributed by atoms with E-state index in [1.54, 1.807) is 43.6 Å². The first-order valence-electron chi connectivity index (χ1n) is 17.5. The molecule has 3 N–H and O–H groups in total. The first-order chi connectivity index (χ1) is 24.7. The second-order valence-corrected chi connectivity index (χ2v) is 13.8. The molecule has 0 radical (unpaired) electrons. The van der Waals surface area contributed by atoms with Gasteiger partial charge in [-0.2, -0.15) is 0 Å². The molecule has 3 heterocycles. The smallest absolute Gasteiger partial charge is 0.306 e. The summed E-state index contributed by atoms with van der Waals surface area (Å²) >= 11 is 0. The minimum absolute atomic E-state index is 0.206. The number of nitrogens with zero attached hydrogens (tertiary/aromatic N) is 3. The minimum atomic E-state index is -1.16. The van der Waals surface area contributed by atoms with Crippen LogP contribution in [0, 0.1) is 23.1 Å². The Morgan fingerprint density at radius 1 is 0.863 bits per heavy atom. The second-order valence-electron chi connectivity index (χ2n) is 13.8. The number of amides is 2. The number of likely N-dealkylation sites (tertiary alicyclic amines) is 1. The molecular formula is C39H42FN5O6. The van der Waals surface area contributed by atoms with Crippen LogP contribution in [0.5, 0.6) is 17.2 Å². The zero-order valence-corrected chi connectivity index (χ0v) is 28.6. The van der Waals surface area contributed by atoms with E-state index in [1.807, 2.05) is 6.07 Å². The van der Waals surface area contributed by atoms with Crippen molar-refractivity contribution in [2.24, 2.45) is 17.3 Å². The third kappa shape index (κ3) is 7.61. The summed E-state index contributed by atoms with van der Waals surface area (Å²) in [6.07, 6.45) is 6.15. The van der Waals surface area contributed by atoms with Crippen molar-refractivity contribution in [3.8, 4) is 17.2 Å². The average Bonchev–Trinajstić information content (AvgIpc) is 3.96. The number of halogens is 1. The van der Waals surface area contributed by atoms with E-state index in [-0.39, 0.29) is 11.8 Å². The Bertz CT molecular complexity index is 1900. The van der Waals surface area contributed by atoms with Crippen LogP contribution in [0.4, 0.5) is 21.5 Å². The SMILES string of the molecule is COc1cc2c(Oc3ccc(NC(=O)C4(C(=O)Nc5ccc(F)cc5)CC4)cc3)ccnc2cc1N1CCC(CN2CCC(C(=O)O)CC2)CC1. The van der Waals surface area contributed by atoms with Gasteiger partial charge < -0.3 is 35.0 Å². The summed E-state index contributed by atoms with van der Waals surface area (Å²) in [5.74, 6) is 0.412. The van der Waals surface area contributed by atoms with Crippen LogP contribution in [0.25, 0.3) is 10.9 Å². The largest absolute Gasteiger partial charge is 0.495 e. The van der Waals surface area contributed by atoms with Crippen molar-refractivity contribution in [2.75, 3.05) is 55.4 Å². The standard InChI is InChI=1S/C39H42FN5O6/c1-50-35-22-31-32(23-33(35)45-20-11-25(12-21-45)24-44-18-13-26(14-19-44)36(46)47)41-17-10-34(31)51-30-8-6-29(7-9-30)43-38(49)39(15-16-39)37(48)42-28-4-2-27(40)3-5-28/h2-10,17,22-23,25-26H,11-16,18-21,24H2,1H3,(H,42,48)(H,43,49)(H,46,47). The fourth-order valence-electron chi connectivity index (χ4n) is 7.17. The lowest BCUT2D eigenvalue weighted by Crippen LogP contribution is -2.42. The van der Waals surface area contributed by atoms with E-state index < -0.39 is 23.1 Å². The number of hydrogen-bond acceptors (Lipinski definition) is 8. The van der Waals surface area contributed by atoms with Gasteiger partial charge in [-0.1, -0.05) is 0 Å². The first kappa shape index (κ1) is 34.2. The monoisotopic (exact) mass is 695 g/mol. The van der Waals surface area contributed by atoms with E-state index >= 15 is 0 Å². The molecule has 1 saturated carbocycles. The summed E-state index contributed by atoms with van der Waals surface area (Å²) in [5, 5.41) is 15.7. The molecule has 0 unspecified atom stereocenters. The van der Waals surface area contributed by atoms with Gasteiger partial charge in [-0.15, -0.1) is 0 Å². The summed E-state index contributed by atoms with van der Waals surface area (Å²) in [4.78, 5) is 46.8. The van der Waals surface area contributed by atoms with Gasteiger partial charge in [0.1, 0.15) is 28.5 Å². The normalized spacial score (nSPS) is 17.9. The summed E-state index contributed by atoms with van der Waals surface area (Å²) in [7, 11) is 1.67. The summed E-state index contributed by atoms with van der Waals surface area (Å²) in [6, 6.07) is 18.2. The van der Waals surface area contributed by atoms with Gasteiger partial charge in [-0.3, -0.25) is 19.4 Å². The van der Waals surface area contributed by atoms with E-state index in [4.69, 9.17) is 9.47 Å². The Morgan fingerprint density at radius 3 is 2.08 bits per heavy atom. The van der Waals surface area contributed by atoms with Gasteiger partial charge in [0.25, 0.3) is 0 Å². The zero-order chi connectivity index (χ0) is 35.5. The number of piperidine rings is 2. The summed E-state index contributed by atoms with van der Waals surface area (Å²) in [5.41, 5.74) is 1.59. The number of ether oxygens (including phenoxy) is 2. The van der Waals surface area contributed by atoms with Gasteiger partial charge in [0.05, 0.1) is 24.2 Å². The Hall–Kier alpha value is -5.23. The highest BCUT2D eigenvalue weighted by Crippen LogP contribution is 2.47. The number of pyridine rings is 1. The number of methoxy groups -OCH3 is 1. The van der Waals surface area contributed by atoms with Crippen LogP contribution in [0.15, 0.2) is 72.9 Å². The molecule has 11 nitrogen and oxygen atoms in total. The molecule has 3 fully saturated rings. The van der Waals surface area contributed by atoms with Crippen LogP contribution < -0.4 is 25.0 Å². The zero-order valence-electron chi connectivity index (χ0n) is 28.6. The van der Waals surface area contributed by atoms with Crippen LogP contribution >= 0.6 is 0 Å². The Morgan fingerprint density at radius 2 is 1.49 bits per heavy atom. The van der Waals surface area contributed by atoms with Gasteiger partial charge in [-0.05, 0) is 124 Å². The number of rotatable bonds is 11. The molecule has 2 amide bonds. The number of benzene rings is 3. The summed E-state index contributed by atoms with van der Waals surface area (Å²) < 4.78 is 25.4.